The van der Waals surface area contributed by atoms with Crippen LogP contribution < -0.4 is 10.5 Å². The Morgan fingerprint density at radius 3 is 2.55 bits per heavy atom. The molecular weight excluding hydrogens is 518 g/mol. The Morgan fingerprint density at radius 2 is 1.95 bits per heavy atom. The van der Waals surface area contributed by atoms with Crippen LogP contribution in [-0.2, 0) is 20.8 Å². The number of hydrogen-bond donors (Lipinski definition) is 5. The fraction of sp³-hybridized carbons (Fsp3) is 0.552. The number of nitrogens with zero attached hydrogens (tertiary/aromatic N) is 2. The van der Waals surface area contributed by atoms with Crippen molar-refractivity contribution < 1.29 is 39.5 Å². The quantitative estimate of drug-likeness (QED) is 0.324. The minimum atomic E-state index is -2.66. The van der Waals surface area contributed by atoms with Crippen LogP contribution in [0.15, 0.2) is 23.0 Å². The summed E-state index contributed by atoms with van der Waals surface area (Å²) in [4.78, 5) is 43.2. The topological polar surface area (TPSA) is 174 Å². The molecule has 216 valence electrons. The molecule has 11 nitrogen and oxygen atoms in total. The lowest BCUT2D eigenvalue weighted by molar-refractivity contribution is -0.153. The van der Waals surface area contributed by atoms with Gasteiger partial charge in [0.15, 0.2) is 11.4 Å². The summed E-state index contributed by atoms with van der Waals surface area (Å²) < 4.78 is 5.89. The van der Waals surface area contributed by atoms with Crippen molar-refractivity contribution in [2.75, 3.05) is 34.3 Å². The molecule has 11 heteroatoms. The number of ketones is 2. The Bertz CT molecular complexity index is 1370. The average molecular weight is 556 g/mol. The second kappa shape index (κ2) is 9.90. The molecule has 1 saturated heterocycles. The zero-order valence-corrected chi connectivity index (χ0v) is 23.2. The molecule has 1 amide bonds. The molecule has 2 fully saturated rings. The molecule has 1 saturated carbocycles. The highest BCUT2D eigenvalue weighted by atomic mass is 16.5. The van der Waals surface area contributed by atoms with Crippen LogP contribution in [0, 0.1) is 11.8 Å². The van der Waals surface area contributed by atoms with E-state index in [0.717, 1.165) is 37.9 Å². The fourth-order valence-electron chi connectivity index (χ4n) is 7.54. The Kier molecular flexibility index (Phi) is 6.96. The van der Waals surface area contributed by atoms with Gasteiger partial charge in [0, 0.05) is 28.7 Å². The average Bonchev–Trinajstić information content (AvgIpc) is 3.34. The van der Waals surface area contributed by atoms with E-state index < -0.39 is 58.0 Å². The summed E-state index contributed by atoms with van der Waals surface area (Å²) >= 11 is 0. The summed E-state index contributed by atoms with van der Waals surface area (Å²) in [6.45, 7) is 3.93. The lowest BCUT2D eigenvalue weighted by atomic mass is 9.57. The fourth-order valence-corrected chi connectivity index (χ4v) is 7.54. The summed E-state index contributed by atoms with van der Waals surface area (Å²) in [7, 11) is 4.68. The highest BCUT2D eigenvalue weighted by molar-refractivity contribution is 6.24. The molecule has 1 aromatic rings. The van der Waals surface area contributed by atoms with Crippen molar-refractivity contribution in [1.29, 1.82) is 0 Å². The first-order valence-electron chi connectivity index (χ1n) is 13.7. The van der Waals surface area contributed by atoms with E-state index in [1.165, 1.54) is 12.0 Å². The maximum atomic E-state index is 14.0. The van der Waals surface area contributed by atoms with Crippen molar-refractivity contribution in [2.45, 2.75) is 56.7 Å². The minimum absolute atomic E-state index is 0.0279. The van der Waals surface area contributed by atoms with Gasteiger partial charge in [-0.3, -0.25) is 24.2 Å². The van der Waals surface area contributed by atoms with Crippen molar-refractivity contribution >= 4 is 23.2 Å². The Labute approximate surface area is 232 Å². The molecule has 1 heterocycles. The third kappa shape index (κ3) is 3.78. The number of Topliss-reactive ketones (excluding diaryl/α,β-unsaturated/α-hetero) is 2. The Hall–Kier alpha value is -3.41. The van der Waals surface area contributed by atoms with Crippen molar-refractivity contribution in [3.05, 3.63) is 39.7 Å². The maximum Gasteiger partial charge on any atom is 0.255 e. The van der Waals surface area contributed by atoms with Crippen molar-refractivity contribution in [1.82, 2.24) is 9.80 Å². The monoisotopic (exact) mass is 555 g/mol. The maximum absolute atomic E-state index is 14.0. The number of hydrogen-bond acceptors (Lipinski definition) is 10. The van der Waals surface area contributed by atoms with E-state index in [1.807, 2.05) is 0 Å². The van der Waals surface area contributed by atoms with Gasteiger partial charge in [-0.05, 0) is 71.3 Å². The number of likely N-dealkylation sites (tertiary alicyclic amines) is 1. The molecule has 3 aliphatic carbocycles. The molecule has 4 aliphatic rings. The summed E-state index contributed by atoms with van der Waals surface area (Å²) in [5.74, 6) is -6.15. The number of aromatic hydroxyl groups is 1. The molecule has 0 aromatic heterocycles. The van der Waals surface area contributed by atoms with Crippen LogP contribution in [0.5, 0.6) is 11.5 Å². The minimum Gasteiger partial charge on any atom is -0.508 e. The zero-order valence-electron chi connectivity index (χ0n) is 23.2. The van der Waals surface area contributed by atoms with Gasteiger partial charge in [0.25, 0.3) is 5.91 Å². The summed E-state index contributed by atoms with van der Waals surface area (Å²) in [6.07, 6.45) is 3.09. The van der Waals surface area contributed by atoms with Gasteiger partial charge < -0.3 is 30.9 Å². The van der Waals surface area contributed by atoms with Crippen molar-refractivity contribution in [2.24, 2.45) is 17.6 Å². The molecule has 0 spiro atoms. The largest absolute Gasteiger partial charge is 0.508 e. The van der Waals surface area contributed by atoms with Gasteiger partial charge >= 0.3 is 0 Å². The predicted molar refractivity (Wildman–Crippen MR) is 145 cm³/mol. The summed E-state index contributed by atoms with van der Waals surface area (Å²) in [5, 5.41) is 45.4. The van der Waals surface area contributed by atoms with Crippen LogP contribution in [0.2, 0.25) is 0 Å². The number of likely N-dealkylation sites (N-methyl/N-ethyl adjacent to an activating group) is 1. The molecule has 40 heavy (non-hydrogen) atoms. The van der Waals surface area contributed by atoms with Crippen LogP contribution in [0.25, 0.3) is 5.76 Å². The Morgan fingerprint density at radius 1 is 1.25 bits per heavy atom. The molecule has 5 atom stereocenters. The molecule has 5 rings (SSSR count). The third-order valence-corrected chi connectivity index (χ3v) is 9.14. The number of carbonyl (C=O) groups excluding carboxylic acids is 3. The van der Waals surface area contributed by atoms with Crippen LogP contribution in [0.4, 0.5) is 0 Å². The van der Waals surface area contributed by atoms with Crippen LogP contribution in [-0.4, -0.2) is 93.6 Å². The number of primary amides is 1. The molecule has 0 radical (unpaired) electrons. The highest BCUT2D eigenvalue weighted by Crippen LogP contribution is 2.55. The van der Waals surface area contributed by atoms with Gasteiger partial charge in [-0.1, -0.05) is 6.92 Å². The van der Waals surface area contributed by atoms with Crippen molar-refractivity contribution in [3.63, 3.8) is 0 Å². The summed E-state index contributed by atoms with van der Waals surface area (Å²) in [6, 6.07) is 0.475. The third-order valence-electron chi connectivity index (χ3n) is 9.14. The smallest absolute Gasteiger partial charge is 0.255 e. The molecular formula is C29H37N3O8. The van der Waals surface area contributed by atoms with Gasteiger partial charge in [-0.2, -0.15) is 0 Å². The number of methoxy groups -OCH3 is 1. The molecule has 0 bridgehead atoms. The van der Waals surface area contributed by atoms with Crippen LogP contribution >= 0.6 is 0 Å². The number of rotatable bonds is 6. The number of carbonyl (C=O) groups is 3. The van der Waals surface area contributed by atoms with E-state index in [-0.39, 0.29) is 35.8 Å². The summed E-state index contributed by atoms with van der Waals surface area (Å²) in [5.41, 5.74) is 3.11. The number of aliphatic hydroxyl groups is 3. The first-order chi connectivity index (χ1) is 18.9. The molecule has 1 aliphatic heterocycles. The number of aliphatic hydroxyl groups excluding tert-OH is 2. The van der Waals surface area contributed by atoms with E-state index in [4.69, 9.17) is 10.5 Å². The second-order valence-corrected chi connectivity index (χ2v) is 11.5. The lowest BCUT2D eigenvalue weighted by Crippen LogP contribution is -2.65. The molecule has 6 N–H and O–H groups in total. The number of fused-ring (bicyclic) bond motifs is 3. The zero-order chi connectivity index (χ0) is 29.3. The number of phenols is 1. The van der Waals surface area contributed by atoms with Crippen LogP contribution in [0.3, 0.4) is 0 Å². The first kappa shape index (κ1) is 28.1. The first-order valence-corrected chi connectivity index (χ1v) is 13.7. The Balaban J connectivity index is 1.69. The number of nitrogens with two attached hydrogens (primary N) is 1. The van der Waals surface area contributed by atoms with E-state index >= 15 is 0 Å². The standard InChI is InChI=1S/C29H37N3O8/c1-5-8-32-9-6-7-17(32)14-12-18(33)20-15(25(14)40-4)10-13-11-16-22(31(2)3)24(35)21(28(30)38)27(37)29(16,39)26(36)19(13)23(20)34/h12-13,16-17,22,33-34,37,39H,5-11H2,1-4H3,(H2,30,38)/t13-,16-,17?,22-,29-/m0/s1. The van der Waals surface area contributed by atoms with E-state index in [0.29, 0.717) is 11.3 Å². The SMILES string of the molecule is CCCN1CCCC1c1cc(O)c2c(c1OC)C[C@H]1C[C@H]3[C@H](N(C)C)C(=O)C(C(N)=O)=C(O)[C@@]3(O)C(=O)C1=C2O. The number of benzene rings is 1. The van der Waals surface area contributed by atoms with E-state index in [2.05, 4.69) is 11.8 Å². The van der Waals surface area contributed by atoms with E-state index in [1.54, 1.807) is 20.2 Å². The molecule has 1 unspecified atom stereocenters. The van der Waals surface area contributed by atoms with E-state index in [9.17, 15) is 34.8 Å². The van der Waals surface area contributed by atoms with Gasteiger partial charge in [-0.25, -0.2) is 0 Å². The number of phenolic OH excluding ortho intramolecular Hbond substituents is 1. The number of amides is 1. The molecule has 1 aromatic carbocycles. The predicted octanol–water partition coefficient (Wildman–Crippen LogP) is 1.52. The van der Waals surface area contributed by atoms with Crippen LogP contribution in [0.1, 0.15) is 55.3 Å². The van der Waals surface area contributed by atoms with Gasteiger partial charge in [-0.15, -0.1) is 0 Å². The second-order valence-electron chi connectivity index (χ2n) is 11.5. The highest BCUT2D eigenvalue weighted by Gasteiger charge is 2.64. The normalized spacial score (nSPS) is 30.4. The van der Waals surface area contributed by atoms with Gasteiger partial charge in [0.1, 0.15) is 28.6 Å². The number of ether oxygens (including phenoxy) is 1. The van der Waals surface area contributed by atoms with Gasteiger partial charge in [0.05, 0.1) is 18.7 Å². The lowest BCUT2D eigenvalue weighted by Gasteiger charge is -2.50. The van der Waals surface area contributed by atoms with Crippen molar-refractivity contribution in [3.8, 4) is 11.5 Å². The van der Waals surface area contributed by atoms with Gasteiger partial charge in [0.2, 0.25) is 5.78 Å².